The van der Waals surface area contributed by atoms with E-state index in [1.807, 2.05) is 0 Å². The summed E-state index contributed by atoms with van der Waals surface area (Å²) in [6.07, 6.45) is 2.17. The van der Waals surface area contributed by atoms with Gasteiger partial charge in [-0.1, -0.05) is 6.07 Å². The van der Waals surface area contributed by atoms with Crippen LogP contribution in [0.1, 0.15) is 31.2 Å². The molecule has 0 aromatic heterocycles. The van der Waals surface area contributed by atoms with E-state index in [-0.39, 0.29) is 0 Å². The molecule has 2 atom stereocenters. The number of ether oxygens (including phenoxy) is 2. The van der Waals surface area contributed by atoms with E-state index in [2.05, 4.69) is 30.4 Å². The second-order valence-electron chi connectivity index (χ2n) is 5.00. The van der Waals surface area contributed by atoms with Gasteiger partial charge in [0.25, 0.3) is 0 Å². The predicted octanol–water partition coefficient (Wildman–Crippen LogP) is 2.31. The monoisotopic (exact) mass is 233 g/mol. The molecular formula is C14H19NO2. The zero-order valence-corrected chi connectivity index (χ0v) is 10.2. The summed E-state index contributed by atoms with van der Waals surface area (Å²) in [5.74, 6) is 2.42. The lowest BCUT2D eigenvalue weighted by molar-refractivity contribution is 0.297. The Morgan fingerprint density at radius 2 is 2.00 bits per heavy atom. The van der Waals surface area contributed by atoms with Crippen LogP contribution in [0.4, 0.5) is 0 Å². The van der Waals surface area contributed by atoms with E-state index in [4.69, 9.17) is 9.47 Å². The molecule has 92 valence electrons. The quantitative estimate of drug-likeness (QED) is 0.807. The van der Waals surface area contributed by atoms with Crippen LogP contribution in [-0.4, -0.2) is 25.8 Å². The SMILES string of the molecule is CC1CC(c2ccc3c(c2)OCCCO3)CN1. The van der Waals surface area contributed by atoms with Crippen molar-refractivity contribution in [1.29, 1.82) is 0 Å². The Balaban J connectivity index is 1.84. The van der Waals surface area contributed by atoms with E-state index in [0.717, 1.165) is 37.7 Å². The maximum absolute atomic E-state index is 5.73. The molecule has 0 radical (unpaired) electrons. The third-order valence-corrected chi connectivity index (χ3v) is 3.59. The second-order valence-corrected chi connectivity index (χ2v) is 5.00. The molecule has 3 nitrogen and oxygen atoms in total. The number of hydrogen-bond acceptors (Lipinski definition) is 3. The lowest BCUT2D eigenvalue weighted by Crippen LogP contribution is -2.16. The fourth-order valence-electron chi connectivity index (χ4n) is 2.62. The van der Waals surface area contributed by atoms with Crippen molar-refractivity contribution in [1.82, 2.24) is 5.32 Å². The van der Waals surface area contributed by atoms with Crippen molar-refractivity contribution in [2.75, 3.05) is 19.8 Å². The zero-order chi connectivity index (χ0) is 11.7. The standard InChI is InChI=1S/C14H19NO2/c1-10-7-12(9-15-10)11-3-4-13-14(8-11)17-6-2-5-16-13/h3-4,8,10,12,15H,2,5-7,9H2,1H3. The fraction of sp³-hybridized carbons (Fsp3) is 0.571. The van der Waals surface area contributed by atoms with Crippen molar-refractivity contribution >= 4 is 0 Å². The molecule has 0 aliphatic carbocycles. The molecule has 1 aromatic rings. The smallest absolute Gasteiger partial charge is 0.161 e. The highest BCUT2D eigenvalue weighted by molar-refractivity contribution is 5.44. The molecule has 3 rings (SSSR count). The molecule has 0 spiro atoms. The molecule has 2 aliphatic rings. The minimum atomic E-state index is 0.613. The Morgan fingerprint density at radius 3 is 2.76 bits per heavy atom. The summed E-state index contributed by atoms with van der Waals surface area (Å²) < 4.78 is 11.4. The van der Waals surface area contributed by atoms with Gasteiger partial charge in [-0.2, -0.15) is 0 Å². The van der Waals surface area contributed by atoms with Crippen molar-refractivity contribution in [2.24, 2.45) is 0 Å². The minimum Gasteiger partial charge on any atom is -0.490 e. The summed E-state index contributed by atoms with van der Waals surface area (Å²) in [5.41, 5.74) is 1.37. The Bertz CT molecular complexity index is 405. The van der Waals surface area contributed by atoms with Gasteiger partial charge in [-0.15, -0.1) is 0 Å². The van der Waals surface area contributed by atoms with Crippen LogP contribution in [0.15, 0.2) is 18.2 Å². The van der Waals surface area contributed by atoms with Crippen molar-refractivity contribution < 1.29 is 9.47 Å². The second kappa shape index (κ2) is 4.57. The van der Waals surface area contributed by atoms with Gasteiger partial charge in [-0.3, -0.25) is 0 Å². The first-order valence-electron chi connectivity index (χ1n) is 6.46. The number of hydrogen-bond donors (Lipinski definition) is 1. The molecule has 17 heavy (non-hydrogen) atoms. The molecule has 2 heterocycles. The number of rotatable bonds is 1. The van der Waals surface area contributed by atoms with Crippen molar-refractivity contribution in [3.05, 3.63) is 23.8 Å². The molecular weight excluding hydrogens is 214 g/mol. The van der Waals surface area contributed by atoms with Gasteiger partial charge in [0.05, 0.1) is 13.2 Å². The van der Waals surface area contributed by atoms with E-state index >= 15 is 0 Å². The van der Waals surface area contributed by atoms with Crippen LogP contribution in [0.5, 0.6) is 11.5 Å². The molecule has 3 heteroatoms. The number of fused-ring (bicyclic) bond motifs is 1. The van der Waals surface area contributed by atoms with Gasteiger partial charge in [-0.25, -0.2) is 0 Å². The molecule has 0 bridgehead atoms. The molecule has 1 saturated heterocycles. The van der Waals surface area contributed by atoms with Gasteiger partial charge in [0.15, 0.2) is 11.5 Å². The maximum atomic E-state index is 5.73. The Labute approximate surface area is 102 Å². The lowest BCUT2D eigenvalue weighted by atomic mass is 9.96. The summed E-state index contributed by atoms with van der Waals surface area (Å²) in [4.78, 5) is 0. The summed E-state index contributed by atoms with van der Waals surface area (Å²) in [7, 11) is 0. The number of benzene rings is 1. The van der Waals surface area contributed by atoms with Gasteiger partial charge in [0.2, 0.25) is 0 Å². The number of nitrogens with one attached hydrogen (secondary N) is 1. The molecule has 0 amide bonds. The van der Waals surface area contributed by atoms with Crippen LogP contribution < -0.4 is 14.8 Å². The van der Waals surface area contributed by atoms with Crippen LogP contribution in [0.3, 0.4) is 0 Å². The normalized spacial score (nSPS) is 27.8. The van der Waals surface area contributed by atoms with E-state index in [1.54, 1.807) is 0 Å². The molecule has 2 unspecified atom stereocenters. The van der Waals surface area contributed by atoms with E-state index in [1.165, 1.54) is 12.0 Å². The van der Waals surface area contributed by atoms with Gasteiger partial charge in [0.1, 0.15) is 0 Å². The fourth-order valence-corrected chi connectivity index (χ4v) is 2.62. The van der Waals surface area contributed by atoms with Crippen LogP contribution in [0.25, 0.3) is 0 Å². The lowest BCUT2D eigenvalue weighted by Gasteiger charge is -2.13. The van der Waals surface area contributed by atoms with Gasteiger partial charge in [-0.05, 0) is 37.0 Å². The minimum absolute atomic E-state index is 0.613. The van der Waals surface area contributed by atoms with Gasteiger partial charge >= 0.3 is 0 Å². The zero-order valence-electron chi connectivity index (χ0n) is 10.2. The largest absolute Gasteiger partial charge is 0.490 e. The molecule has 2 aliphatic heterocycles. The highest BCUT2D eigenvalue weighted by Crippen LogP contribution is 2.35. The van der Waals surface area contributed by atoms with Crippen LogP contribution in [0.2, 0.25) is 0 Å². The van der Waals surface area contributed by atoms with Crippen LogP contribution >= 0.6 is 0 Å². The first-order chi connectivity index (χ1) is 8.33. The molecule has 1 N–H and O–H groups in total. The highest BCUT2D eigenvalue weighted by Gasteiger charge is 2.23. The third-order valence-electron chi connectivity index (χ3n) is 3.59. The van der Waals surface area contributed by atoms with E-state index in [9.17, 15) is 0 Å². The summed E-state index contributed by atoms with van der Waals surface area (Å²) >= 11 is 0. The van der Waals surface area contributed by atoms with Crippen LogP contribution in [0, 0.1) is 0 Å². The first-order valence-corrected chi connectivity index (χ1v) is 6.46. The van der Waals surface area contributed by atoms with Crippen molar-refractivity contribution in [3.63, 3.8) is 0 Å². The third kappa shape index (κ3) is 2.25. The highest BCUT2D eigenvalue weighted by atomic mass is 16.5. The Morgan fingerprint density at radius 1 is 1.18 bits per heavy atom. The average molecular weight is 233 g/mol. The average Bonchev–Trinajstić information content (AvgIpc) is 2.64. The Hall–Kier alpha value is -1.22. The summed E-state index contributed by atoms with van der Waals surface area (Å²) in [6, 6.07) is 7.01. The Kier molecular flexibility index (Phi) is 2.93. The van der Waals surface area contributed by atoms with Crippen LogP contribution in [-0.2, 0) is 0 Å². The van der Waals surface area contributed by atoms with E-state index in [0.29, 0.717) is 12.0 Å². The summed E-state index contributed by atoms with van der Waals surface area (Å²) in [5, 5.41) is 3.49. The molecule has 1 fully saturated rings. The maximum Gasteiger partial charge on any atom is 0.161 e. The molecule has 0 saturated carbocycles. The first kappa shape index (κ1) is 10.9. The van der Waals surface area contributed by atoms with Crippen molar-refractivity contribution in [3.8, 4) is 11.5 Å². The van der Waals surface area contributed by atoms with Gasteiger partial charge < -0.3 is 14.8 Å². The summed E-state index contributed by atoms with van der Waals surface area (Å²) in [6.45, 7) is 4.83. The van der Waals surface area contributed by atoms with E-state index < -0.39 is 0 Å². The van der Waals surface area contributed by atoms with Gasteiger partial charge in [0, 0.05) is 19.0 Å². The molecule has 1 aromatic carbocycles. The van der Waals surface area contributed by atoms with Crippen molar-refractivity contribution in [2.45, 2.75) is 31.7 Å². The topological polar surface area (TPSA) is 30.5 Å². The predicted molar refractivity (Wildman–Crippen MR) is 66.9 cm³/mol.